The van der Waals surface area contributed by atoms with E-state index in [4.69, 9.17) is 0 Å². The Bertz CT molecular complexity index is 592. The van der Waals surface area contributed by atoms with Gasteiger partial charge in [-0.15, -0.1) is 11.3 Å². The molecule has 92 valence electrons. The fourth-order valence-electron chi connectivity index (χ4n) is 1.40. The standard InChI is InChI=1S/C13H11BrN2OS/c1-9-3-2-4-10(7-9)13(17)16-15-8-11-5-6-12(14)18-11/h2-8H,1H3,(H,16,17)/b15-8-. The van der Waals surface area contributed by atoms with Crippen LogP contribution in [0.3, 0.4) is 0 Å². The molecule has 0 aliphatic carbocycles. The highest BCUT2D eigenvalue weighted by Crippen LogP contribution is 2.20. The zero-order valence-electron chi connectivity index (χ0n) is 9.68. The fourth-order valence-corrected chi connectivity index (χ4v) is 2.70. The molecule has 0 saturated heterocycles. The molecule has 0 spiro atoms. The van der Waals surface area contributed by atoms with E-state index in [1.807, 2.05) is 37.3 Å². The second-order valence-corrected chi connectivity index (χ2v) is 6.21. The van der Waals surface area contributed by atoms with Crippen molar-refractivity contribution in [3.63, 3.8) is 0 Å². The van der Waals surface area contributed by atoms with E-state index in [0.29, 0.717) is 5.56 Å². The van der Waals surface area contributed by atoms with Gasteiger partial charge in [-0.05, 0) is 47.1 Å². The summed E-state index contributed by atoms with van der Waals surface area (Å²) in [6.07, 6.45) is 1.63. The summed E-state index contributed by atoms with van der Waals surface area (Å²) in [5, 5.41) is 3.93. The van der Waals surface area contributed by atoms with E-state index in [1.54, 1.807) is 23.6 Å². The first-order valence-corrected chi connectivity index (χ1v) is 6.91. The third-order valence-corrected chi connectivity index (χ3v) is 3.79. The summed E-state index contributed by atoms with van der Waals surface area (Å²) in [5.41, 5.74) is 4.17. The summed E-state index contributed by atoms with van der Waals surface area (Å²) >= 11 is 4.92. The molecule has 1 aromatic heterocycles. The second kappa shape index (κ2) is 5.93. The van der Waals surface area contributed by atoms with Gasteiger partial charge in [0.25, 0.3) is 5.91 Å². The fraction of sp³-hybridized carbons (Fsp3) is 0.0769. The number of carbonyl (C=O) groups excluding carboxylic acids is 1. The lowest BCUT2D eigenvalue weighted by Crippen LogP contribution is -2.17. The predicted octanol–water partition coefficient (Wildman–Crippen LogP) is 3.58. The number of aryl methyl sites for hydroxylation is 1. The first kappa shape index (κ1) is 13.0. The van der Waals surface area contributed by atoms with E-state index in [9.17, 15) is 4.79 Å². The van der Waals surface area contributed by atoms with Crippen molar-refractivity contribution in [1.82, 2.24) is 5.43 Å². The Morgan fingerprint density at radius 2 is 2.22 bits per heavy atom. The van der Waals surface area contributed by atoms with Gasteiger partial charge < -0.3 is 0 Å². The molecule has 1 amide bonds. The smallest absolute Gasteiger partial charge is 0.267 e. The van der Waals surface area contributed by atoms with Gasteiger partial charge in [0.2, 0.25) is 0 Å². The number of hydrogen-bond acceptors (Lipinski definition) is 3. The first-order chi connectivity index (χ1) is 8.65. The normalized spacial score (nSPS) is 10.8. The Morgan fingerprint density at radius 1 is 1.39 bits per heavy atom. The van der Waals surface area contributed by atoms with E-state index in [0.717, 1.165) is 14.2 Å². The van der Waals surface area contributed by atoms with Gasteiger partial charge in [0.1, 0.15) is 0 Å². The molecule has 3 nitrogen and oxygen atoms in total. The van der Waals surface area contributed by atoms with Gasteiger partial charge in [0.05, 0.1) is 10.0 Å². The molecule has 5 heteroatoms. The van der Waals surface area contributed by atoms with Crippen molar-refractivity contribution in [3.05, 3.63) is 56.2 Å². The molecule has 0 fully saturated rings. The molecule has 1 N–H and O–H groups in total. The van der Waals surface area contributed by atoms with Gasteiger partial charge in [-0.1, -0.05) is 17.7 Å². The molecule has 0 radical (unpaired) electrons. The summed E-state index contributed by atoms with van der Waals surface area (Å²) in [5.74, 6) is -0.203. The van der Waals surface area contributed by atoms with Gasteiger partial charge in [-0.3, -0.25) is 4.79 Å². The highest BCUT2D eigenvalue weighted by Gasteiger charge is 2.03. The molecule has 0 unspecified atom stereocenters. The Hall–Kier alpha value is -1.46. The summed E-state index contributed by atoms with van der Waals surface area (Å²) < 4.78 is 1.04. The van der Waals surface area contributed by atoms with Crippen LogP contribution >= 0.6 is 27.3 Å². The van der Waals surface area contributed by atoms with Crippen LogP contribution in [0.2, 0.25) is 0 Å². The lowest BCUT2D eigenvalue weighted by molar-refractivity contribution is 0.0955. The van der Waals surface area contributed by atoms with Crippen LogP contribution in [0.5, 0.6) is 0 Å². The van der Waals surface area contributed by atoms with E-state index in [1.165, 1.54) is 0 Å². The Labute approximate surface area is 118 Å². The van der Waals surface area contributed by atoms with Crippen molar-refractivity contribution < 1.29 is 4.79 Å². The van der Waals surface area contributed by atoms with Crippen molar-refractivity contribution in [2.45, 2.75) is 6.92 Å². The van der Waals surface area contributed by atoms with Gasteiger partial charge in [0, 0.05) is 10.4 Å². The van der Waals surface area contributed by atoms with Crippen molar-refractivity contribution in [1.29, 1.82) is 0 Å². The highest BCUT2D eigenvalue weighted by atomic mass is 79.9. The van der Waals surface area contributed by atoms with Crippen LogP contribution in [-0.4, -0.2) is 12.1 Å². The molecule has 0 aliphatic rings. The minimum atomic E-state index is -0.203. The summed E-state index contributed by atoms with van der Waals surface area (Å²) in [6.45, 7) is 1.95. The van der Waals surface area contributed by atoms with Crippen LogP contribution in [-0.2, 0) is 0 Å². The Morgan fingerprint density at radius 3 is 2.89 bits per heavy atom. The third kappa shape index (κ3) is 3.51. The van der Waals surface area contributed by atoms with Crippen molar-refractivity contribution >= 4 is 39.4 Å². The zero-order valence-corrected chi connectivity index (χ0v) is 12.1. The summed E-state index contributed by atoms with van der Waals surface area (Å²) in [6, 6.07) is 11.3. The number of nitrogens with zero attached hydrogens (tertiary/aromatic N) is 1. The van der Waals surface area contributed by atoms with Crippen LogP contribution in [0.25, 0.3) is 0 Å². The molecule has 0 atom stereocenters. The molecule has 0 bridgehead atoms. The predicted molar refractivity (Wildman–Crippen MR) is 78.3 cm³/mol. The molecule has 18 heavy (non-hydrogen) atoms. The maximum absolute atomic E-state index is 11.8. The topological polar surface area (TPSA) is 41.5 Å². The number of hydrogen-bond donors (Lipinski definition) is 1. The Balaban J connectivity index is 1.98. The number of halogens is 1. The number of benzene rings is 1. The average Bonchev–Trinajstić information content (AvgIpc) is 2.75. The van der Waals surface area contributed by atoms with Crippen LogP contribution in [0.15, 0.2) is 45.3 Å². The third-order valence-electron chi connectivity index (χ3n) is 2.23. The number of thiophene rings is 1. The van der Waals surface area contributed by atoms with E-state index >= 15 is 0 Å². The second-order valence-electron chi connectivity index (χ2n) is 3.71. The molecular weight excluding hydrogens is 312 g/mol. The Kier molecular flexibility index (Phi) is 4.28. The number of rotatable bonds is 3. The molecule has 2 rings (SSSR count). The SMILES string of the molecule is Cc1cccc(C(=O)N/N=C\c2ccc(Br)s2)c1. The average molecular weight is 323 g/mol. The number of nitrogens with one attached hydrogen (secondary N) is 1. The van der Waals surface area contributed by atoms with E-state index in [2.05, 4.69) is 26.5 Å². The van der Waals surface area contributed by atoms with Crippen LogP contribution in [0, 0.1) is 6.92 Å². The summed E-state index contributed by atoms with van der Waals surface area (Å²) in [7, 11) is 0. The minimum Gasteiger partial charge on any atom is -0.267 e. The monoisotopic (exact) mass is 322 g/mol. The number of carbonyl (C=O) groups is 1. The molecule has 1 heterocycles. The first-order valence-electron chi connectivity index (χ1n) is 5.30. The van der Waals surface area contributed by atoms with Gasteiger partial charge in [-0.25, -0.2) is 5.43 Å². The van der Waals surface area contributed by atoms with E-state index in [-0.39, 0.29) is 5.91 Å². The zero-order chi connectivity index (χ0) is 13.0. The lowest BCUT2D eigenvalue weighted by Gasteiger charge is -2.00. The van der Waals surface area contributed by atoms with Crippen molar-refractivity contribution in [2.75, 3.05) is 0 Å². The van der Waals surface area contributed by atoms with Crippen LogP contribution in [0.1, 0.15) is 20.8 Å². The molecule has 1 aromatic carbocycles. The van der Waals surface area contributed by atoms with Crippen molar-refractivity contribution in [3.8, 4) is 0 Å². The lowest BCUT2D eigenvalue weighted by atomic mass is 10.1. The van der Waals surface area contributed by atoms with Crippen LogP contribution in [0.4, 0.5) is 0 Å². The van der Waals surface area contributed by atoms with Gasteiger partial charge >= 0.3 is 0 Å². The van der Waals surface area contributed by atoms with Crippen LogP contribution < -0.4 is 5.43 Å². The molecule has 0 aliphatic heterocycles. The molecule has 0 saturated carbocycles. The quantitative estimate of drug-likeness (QED) is 0.681. The largest absolute Gasteiger partial charge is 0.271 e. The van der Waals surface area contributed by atoms with Gasteiger partial charge in [-0.2, -0.15) is 5.10 Å². The summed E-state index contributed by atoms with van der Waals surface area (Å²) in [4.78, 5) is 12.7. The molecular formula is C13H11BrN2OS. The maximum Gasteiger partial charge on any atom is 0.271 e. The highest BCUT2D eigenvalue weighted by molar-refractivity contribution is 9.11. The minimum absolute atomic E-state index is 0.203. The van der Waals surface area contributed by atoms with Crippen molar-refractivity contribution in [2.24, 2.45) is 5.10 Å². The van der Waals surface area contributed by atoms with E-state index < -0.39 is 0 Å². The molecule has 2 aromatic rings. The number of amides is 1. The number of hydrazone groups is 1. The van der Waals surface area contributed by atoms with Gasteiger partial charge in [0.15, 0.2) is 0 Å². The maximum atomic E-state index is 11.8.